The van der Waals surface area contributed by atoms with Crippen LogP contribution in [0.5, 0.6) is 0 Å². The summed E-state index contributed by atoms with van der Waals surface area (Å²) >= 11 is 0. The molecule has 0 amide bonds. The highest BCUT2D eigenvalue weighted by molar-refractivity contribution is 7.86. The highest BCUT2D eigenvalue weighted by Gasteiger charge is 2.40. The molecule has 8 heteroatoms. The number of aliphatic hydroxyl groups is 3. The second-order valence-corrected chi connectivity index (χ2v) is 4.65. The fourth-order valence-corrected chi connectivity index (χ4v) is 1.70. The average Bonchev–Trinajstić information content (AvgIpc) is 2.04. The predicted molar refractivity (Wildman–Crippen MR) is 43.7 cm³/mol. The first kappa shape index (κ1) is 11.8. The van der Waals surface area contributed by atoms with Crippen LogP contribution in [-0.2, 0) is 19.0 Å². The van der Waals surface area contributed by atoms with Gasteiger partial charge in [-0.2, -0.15) is 8.42 Å². The smallest absolute Gasteiger partial charge is 0.264 e. The van der Waals surface area contributed by atoms with Crippen LogP contribution in [0, 0.1) is 0 Å². The second kappa shape index (κ2) is 4.09. The lowest BCUT2D eigenvalue weighted by atomic mass is 10.1. The van der Waals surface area contributed by atoms with E-state index in [2.05, 4.69) is 8.92 Å². The van der Waals surface area contributed by atoms with E-state index in [0.717, 1.165) is 6.26 Å². The fourth-order valence-electron chi connectivity index (χ4n) is 1.08. The number of hydrogen-bond acceptors (Lipinski definition) is 7. The predicted octanol–water partition coefficient (Wildman–Crippen LogP) is -2.60. The zero-order valence-corrected chi connectivity index (χ0v) is 8.22. The van der Waals surface area contributed by atoms with Gasteiger partial charge in [0.05, 0.1) is 12.9 Å². The van der Waals surface area contributed by atoms with E-state index in [0.29, 0.717) is 0 Å². The molecular weight excluding hydrogens is 216 g/mol. The Morgan fingerprint density at radius 3 is 2.43 bits per heavy atom. The van der Waals surface area contributed by atoms with Crippen molar-refractivity contribution in [1.82, 2.24) is 0 Å². The van der Waals surface area contributed by atoms with Crippen molar-refractivity contribution < 1.29 is 32.7 Å². The molecule has 84 valence electrons. The van der Waals surface area contributed by atoms with Crippen molar-refractivity contribution in [3.8, 4) is 0 Å². The van der Waals surface area contributed by atoms with Crippen molar-refractivity contribution in [3.63, 3.8) is 0 Å². The summed E-state index contributed by atoms with van der Waals surface area (Å²) in [5, 5.41) is 27.5. The van der Waals surface area contributed by atoms with Crippen molar-refractivity contribution >= 4 is 10.1 Å². The van der Waals surface area contributed by atoms with Gasteiger partial charge in [-0.3, -0.25) is 4.18 Å². The van der Waals surface area contributed by atoms with Crippen LogP contribution < -0.4 is 0 Å². The third-order valence-corrected chi connectivity index (χ3v) is 2.31. The molecule has 0 aliphatic carbocycles. The van der Waals surface area contributed by atoms with Gasteiger partial charge in [0, 0.05) is 0 Å². The van der Waals surface area contributed by atoms with E-state index in [1.54, 1.807) is 0 Å². The molecule has 4 atom stereocenters. The Bertz CT molecular complexity index is 287. The lowest BCUT2D eigenvalue weighted by molar-refractivity contribution is -0.243. The monoisotopic (exact) mass is 228 g/mol. The zero-order chi connectivity index (χ0) is 10.9. The Labute approximate surface area is 81.0 Å². The lowest BCUT2D eigenvalue weighted by Crippen LogP contribution is -2.54. The molecule has 1 rings (SSSR count). The molecule has 0 bridgehead atoms. The second-order valence-electron chi connectivity index (χ2n) is 3.05. The molecule has 1 saturated heterocycles. The van der Waals surface area contributed by atoms with Gasteiger partial charge in [0.1, 0.15) is 12.2 Å². The molecule has 0 spiro atoms. The maximum Gasteiger partial charge on any atom is 0.264 e. The molecule has 0 saturated carbocycles. The summed E-state index contributed by atoms with van der Waals surface area (Å²) in [5.74, 6) is 0. The van der Waals surface area contributed by atoms with Gasteiger partial charge in [0.15, 0.2) is 12.4 Å². The van der Waals surface area contributed by atoms with Gasteiger partial charge in [0.25, 0.3) is 10.1 Å². The van der Waals surface area contributed by atoms with Crippen LogP contribution in [0.3, 0.4) is 0 Å². The first-order valence-electron chi connectivity index (χ1n) is 3.85. The van der Waals surface area contributed by atoms with Crippen LogP contribution in [0.2, 0.25) is 0 Å². The van der Waals surface area contributed by atoms with Gasteiger partial charge >= 0.3 is 0 Å². The van der Waals surface area contributed by atoms with Gasteiger partial charge in [0.2, 0.25) is 0 Å². The van der Waals surface area contributed by atoms with E-state index in [4.69, 9.17) is 10.2 Å². The van der Waals surface area contributed by atoms with Crippen molar-refractivity contribution in [2.45, 2.75) is 24.6 Å². The minimum Gasteiger partial charge on any atom is -0.388 e. The molecule has 1 aliphatic heterocycles. The van der Waals surface area contributed by atoms with Gasteiger partial charge < -0.3 is 20.1 Å². The van der Waals surface area contributed by atoms with Crippen LogP contribution in [0.1, 0.15) is 0 Å². The summed E-state index contributed by atoms with van der Waals surface area (Å²) in [5.41, 5.74) is 0. The normalized spacial score (nSPS) is 39.7. The van der Waals surface area contributed by atoms with Crippen molar-refractivity contribution in [3.05, 3.63) is 0 Å². The van der Waals surface area contributed by atoms with Crippen molar-refractivity contribution in [2.75, 3.05) is 12.9 Å². The standard InChI is InChI=1S/C6H12O7S/c1-14(10,11)13-5-4(8)3(7)2-12-6(5)9/h3-9H,2H2,1H3/t3-,4-,5-,6+/m0/s1. The molecule has 1 heterocycles. The van der Waals surface area contributed by atoms with Crippen LogP contribution in [0.4, 0.5) is 0 Å². The van der Waals surface area contributed by atoms with Crippen LogP contribution in [0.25, 0.3) is 0 Å². The highest BCUT2D eigenvalue weighted by atomic mass is 32.2. The minimum absolute atomic E-state index is 0.272. The Hall–Kier alpha value is -0.250. The third-order valence-electron chi connectivity index (χ3n) is 1.74. The quantitative estimate of drug-likeness (QED) is 0.444. The molecule has 0 aromatic carbocycles. The maximum atomic E-state index is 10.7. The van der Waals surface area contributed by atoms with Gasteiger partial charge in [-0.15, -0.1) is 0 Å². The van der Waals surface area contributed by atoms with Gasteiger partial charge in [-0.05, 0) is 0 Å². The minimum atomic E-state index is -3.82. The maximum absolute atomic E-state index is 10.7. The summed E-state index contributed by atoms with van der Waals surface area (Å²) in [6, 6.07) is 0. The summed E-state index contributed by atoms with van der Waals surface area (Å²) in [4.78, 5) is 0. The third kappa shape index (κ3) is 2.87. The van der Waals surface area contributed by atoms with E-state index >= 15 is 0 Å². The van der Waals surface area contributed by atoms with E-state index < -0.39 is 34.7 Å². The molecule has 0 aromatic heterocycles. The summed E-state index contributed by atoms with van der Waals surface area (Å²) in [6.45, 7) is -0.272. The van der Waals surface area contributed by atoms with Crippen LogP contribution in [-0.4, -0.2) is 61.2 Å². The molecule has 0 aromatic rings. The van der Waals surface area contributed by atoms with Crippen LogP contribution >= 0.6 is 0 Å². The van der Waals surface area contributed by atoms with Gasteiger partial charge in [-0.25, -0.2) is 0 Å². The van der Waals surface area contributed by atoms with E-state index in [1.165, 1.54) is 0 Å². The highest BCUT2D eigenvalue weighted by Crippen LogP contribution is 2.18. The molecule has 14 heavy (non-hydrogen) atoms. The van der Waals surface area contributed by atoms with E-state index in [1.807, 2.05) is 0 Å². The van der Waals surface area contributed by atoms with Crippen molar-refractivity contribution in [2.24, 2.45) is 0 Å². The molecule has 0 radical (unpaired) electrons. The lowest BCUT2D eigenvalue weighted by Gasteiger charge is -2.34. The molecule has 0 unspecified atom stereocenters. The first-order valence-corrected chi connectivity index (χ1v) is 5.67. The Morgan fingerprint density at radius 2 is 1.93 bits per heavy atom. The number of aliphatic hydroxyl groups excluding tert-OH is 3. The molecular formula is C6H12O7S. The Morgan fingerprint density at radius 1 is 1.36 bits per heavy atom. The largest absolute Gasteiger partial charge is 0.388 e. The summed E-state index contributed by atoms with van der Waals surface area (Å²) in [6.07, 6.45) is -5.05. The van der Waals surface area contributed by atoms with Gasteiger partial charge in [-0.1, -0.05) is 0 Å². The number of rotatable bonds is 2. The SMILES string of the molecule is CS(=O)(=O)O[C@H]1[C@@H](O)[C@@H](O)CO[C@H]1O. The fraction of sp³-hybridized carbons (Fsp3) is 1.00. The molecule has 1 fully saturated rings. The summed E-state index contributed by atoms with van der Waals surface area (Å²) in [7, 11) is -3.82. The molecule has 3 N–H and O–H groups in total. The average molecular weight is 228 g/mol. The van der Waals surface area contributed by atoms with E-state index in [-0.39, 0.29) is 6.61 Å². The topological polar surface area (TPSA) is 113 Å². The number of hydrogen-bond donors (Lipinski definition) is 3. The first-order chi connectivity index (χ1) is 6.31. The van der Waals surface area contributed by atoms with Crippen molar-refractivity contribution in [1.29, 1.82) is 0 Å². The van der Waals surface area contributed by atoms with Crippen LogP contribution in [0.15, 0.2) is 0 Å². The molecule has 7 nitrogen and oxygen atoms in total. The molecule has 1 aliphatic rings. The Balaban J connectivity index is 2.73. The summed E-state index contributed by atoms with van der Waals surface area (Å²) < 4.78 is 30.4. The van der Waals surface area contributed by atoms with E-state index in [9.17, 15) is 13.5 Å². The Kier molecular flexibility index (Phi) is 3.45. The number of ether oxygens (including phenoxy) is 1. The zero-order valence-electron chi connectivity index (χ0n) is 7.40.